The molecule has 376 valence electrons. The molecule has 12 aromatic carbocycles. The third kappa shape index (κ3) is 7.51. The minimum Gasteiger partial charge on any atom is -0.357 e. The molecule has 0 saturated heterocycles. The Kier molecular flexibility index (Phi) is 10.6. The normalized spacial score (nSPS) is 11.9. The van der Waals surface area contributed by atoms with Crippen molar-refractivity contribution in [2.24, 2.45) is 0 Å². The Balaban J connectivity index is 0.00000542. The molecule has 2 aliphatic rings. The Hall–Kier alpha value is -10.4. The summed E-state index contributed by atoms with van der Waals surface area (Å²) in [5, 5.41) is 11.7. The molecule has 0 radical (unpaired) electrons. The Bertz CT molecular complexity index is 4960. The largest absolute Gasteiger partial charge is 2.00 e. The van der Waals surface area contributed by atoms with Crippen molar-refractivity contribution >= 4 is 87.2 Å². The van der Waals surface area contributed by atoms with Crippen molar-refractivity contribution < 1.29 is 17.1 Å². The fourth-order valence-electron chi connectivity index (χ4n) is 12.2. The molecule has 3 aromatic heterocycles. The van der Waals surface area contributed by atoms with E-state index < -0.39 is 0 Å². The molecule has 9 heteroatoms. The molecule has 5 heterocycles. The van der Waals surface area contributed by atoms with Crippen LogP contribution in [0.2, 0.25) is 0 Å². The van der Waals surface area contributed by atoms with Gasteiger partial charge in [-0.3, -0.25) is 0 Å². The maximum absolute atomic E-state index is 5.56. The summed E-state index contributed by atoms with van der Waals surface area (Å²) in [6.07, 6.45) is 0. The first-order chi connectivity index (χ1) is 39.6. The molecule has 0 saturated carbocycles. The first-order valence-electron chi connectivity index (χ1n) is 26.8. The Morgan fingerprint density at radius 1 is 0.222 bits per heavy atom. The molecular formula is C72H40FeN8. The molecule has 0 N–H and O–H groups in total. The topological polar surface area (TPSA) is 106 Å². The quantitative estimate of drug-likeness (QED) is 0.161. The van der Waals surface area contributed by atoms with E-state index in [0.29, 0.717) is 45.9 Å². The van der Waals surface area contributed by atoms with Gasteiger partial charge in [-0.25, -0.2) is 9.97 Å². The summed E-state index contributed by atoms with van der Waals surface area (Å²) in [6.45, 7) is 0. The van der Waals surface area contributed by atoms with Gasteiger partial charge < -0.3 is 29.9 Å². The number of rotatable bonds is 4. The molecule has 0 spiro atoms. The smallest absolute Gasteiger partial charge is 0.357 e. The van der Waals surface area contributed by atoms with Crippen molar-refractivity contribution in [3.05, 3.63) is 243 Å². The SMILES string of the molecule is [Fe+2].c1ccc(-c2ccc3ccc4c(c3c2)-c2nc-4nc3[n-]c(nc4nc(nc5[n-]c(n2)c2ccc6ccc(-c7ccccc7)cc6c52)-c2ccc5ccc(-c6ccccc6)cc5c2-4)c2ccc4ccc(-c5ccccc5)cc4c32)cc1. The Morgan fingerprint density at radius 2 is 0.519 bits per heavy atom. The van der Waals surface area contributed by atoms with Crippen molar-refractivity contribution in [3.8, 4) is 90.1 Å². The van der Waals surface area contributed by atoms with Gasteiger partial charge in [-0.05, 0) is 123 Å². The molecule has 0 aliphatic carbocycles. The van der Waals surface area contributed by atoms with Crippen molar-refractivity contribution in [1.82, 2.24) is 39.9 Å². The van der Waals surface area contributed by atoms with Crippen LogP contribution in [0, 0.1) is 0 Å². The first-order valence-corrected chi connectivity index (χ1v) is 26.8. The van der Waals surface area contributed by atoms with Gasteiger partial charge in [-0.15, -0.1) is 0 Å². The zero-order chi connectivity index (χ0) is 52.4. The predicted octanol–water partition coefficient (Wildman–Crippen LogP) is 17.4. The van der Waals surface area contributed by atoms with Crippen LogP contribution in [0.15, 0.2) is 243 Å². The van der Waals surface area contributed by atoms with Gasteiger partial charge in [0.2, 0.25) is 0 Å². The molecule has 0 atom stereocenters. The summed E-state index contributed by atoms with van der Waals surface area (Å²) in [5.74, 6) is 2.00. The number of fused-ring (bicyclic) bond motifs is 28. The van der Waals surface area contributed by atoms with E-state index in [-0.39, 0.29) is 17.1 Å². The van der Waals surface area contributed by atoms with Crippen LogP contribution in [0.1, 0.15) is 0 Å². The second kappa shape index (κ2) is 18.3. The van der Waals surface area contributed by atoms with Crippen molar-refractivity contribution in [1.29, 1.82) is 0 Å². The maximum atomic E-state index is 5.56. The number of nitrogens with zero attached hydrogens (tertiary/aromatic N) is 8. The molecule has 8 bridgehead atoms. The van der Waals surface area contributed by atoms with E-state index in [0.717, 1.165) is 131 Å². The summed E-state index contributed by atoms with van der Waals surface area (Å²) in [6, 6.07) is 85.4. The zero-order valence-corrected chi connectivity index (χ0v) is 44.1. The monoisotopic (exact) mass is 1070 g/mol. The second-order valence-electron chi connectivity index (χ2n) is 20.6. The fraction of sp³-hybridized carbons (Fsp3) is 0. The molecule has 0 fully saturated rings. The average molecular weight is 1070 g/mol. The van der Waals surface area contributed by atoms with Gasteiger partial charge in [0.25, 0.3) is 0 Å². The van der Waals surface area contributed by atoms with Crippen molar-refractivity contribution in [2.45, 2.75) is 0 Å². The van der Waals surface area contributed by atoms with E-state index in [1.165, 1.54) is 0 Å². The molecule has 0 unspecified atom stereocenters. The summed E-state index contributed by atoms with van der Waals surface area (Å²) in [4.78, 5) is 44.1. The van der Waals surface area contributed by atoms with Crippen molar-refractivity contribution in [2.75, 3.05) is 0 Å². The summed E-state index contributed by atoms with van der Waals surface area (Å²) < 4.78 is 0. The minimum absolute atomic E-state index is 0. The van der Waals surface area contributed by atoms with Gasteiger partial charge in [0.05, 0.1) is 23.3 Å². The van der Waals surface area contributed by atoms with Gasteiger partial charge >= 0.3 is 17.1 Å². The molecule has 8 nitrogen and oxygen atoms in total. The van der Waals surface area contributed by atoms with Crippen LogP contribution < -0.4 is 9.97 Å². The zero-order valence-electron chi connectivity index (χ0n) is 43.0. The minimum atomic E-state index is 0. The molecule has 2 aliphatic heterocycles. The molecule has 81 heavy (non-hydrogen) atoms. The molecule has 17 rings (SSSR count). The van der Waals surface area contributed by atoms with E-state index in [2.05, 4.69) is 218 Å². The standard InChI is InChI=1S/C72H40N8.Fe/c1-5-13-41(14-6-1)49-25-21-45-29-33-53-61(57(45)37-49)69-73-65(53)78-70-63-55(35-31-47-23-27-51(39-59(47)63)43-17-9-3-10-18-43)67(75-70)80-72-64-56(36-32-48-24-28-52(40-60(48)64)44-19-11-4-12-20-44)68(76-72)79-71-62-54(66(74-71)77-69)34-30-46-22-26-50(38-58(46)62)42-15-7-2-8-16-42;/h1-40H;/q-2;+2. The Morgan fingerprint density at radius 3 is 0.877 bits per heavy atom. The van der Waals surface area contributed by atoms with Crippen LogP contribution in [-0.2, 0) is 17.1 Å². The summed E-state index contributed by atoms with van der Waals surface area (Å²) in [7, 11) is 0. The third-order valence-electron chi connectivity index (χ3n) is 16.1. The maximum Gasteiger partial charge on any atom is 2.00 e. The van der Waals surface area contributed by atoms with E-state index in [1.807, 2.05) is 24.3 Å². The number of hydrogen-bond acceptors (Lipinski definition) is 6. The Labute approximate surface area is 474 Å². The van der Waals surface area contributed by atoms with E-state index in [4.69, 9.17) is 39.9 Å². The predicted molar refractivity (Wildman–Crippen MR) is 326 cm³/mol. The first kappa shape index (κ1) is 46.6. The van der Waals surface area contributed by atoms with Gasteiger partial charge in [0.15, 0.2) is 0 Å². The number of aromatic nitrogens is 8. The molecule has 15 aromatic rings. The van der Waals surface area contributed by atoms with E-state index in [9.17, 15) is 0 Å². The molecule has 0 amide bonds. The average Bonchev–Trinajstić information content (AvgIpc) is 4.34. The van der Waals surface area contributed by atoms with Gasteiger partial charge in [0.1, 0.15) is 0 Å². The van der Waals surface area contributed by atoms with Crippen LogP contribution >= 0.6 is 0 Å². The number of benzene rings is 12. The van der Waals surface area contributed by atoms with Gasteiger partial charge in [-0.1, -0.05) is 218 Å². The van der Waals surface area contributed by atoms with Crippen LogP contribution in [-0.4, -0.2) is 29.9 Å². The van der Waals surface area contributed by atoms with Crippen LogP contribution in [0.25, 0.3) is 177 Å². The molecular weight excluding hydrogens is 1030 g/mol. The number of hydrogen-bond donors (Lipinski definition) is 0. The van der Waals surface area contributed by atoms with Crippen LogP contribution in [0.3, 0.4) is 0 Å². The van der Waals surface area contributed by atoms with E-state index in [1.54, 1.807) is 0 Å². The van der Waals surface area contributed by atoms with Crippen LogP contribution in [0.4, 0.5) is 0 Å². The third-order valence-corrected chi connectivity index (χ3v) is 16.1. The van der Waals surface area contributed by atoms with Gasteiger partial charge in [-0.2, -0.15) is 0 Å². The van der Waals surface area contributed by atoms with Gasteiger partial charge in [0, 0.05) is 55.6 Å². The summed E-state index contributed by atoms with van der Waals surface area (Å²) in [5.41, 5.74) is 14.2. The summed E-state index contributed by atoms with van der Waals surface area (Å²) >= 11 is 0. The van der Waals surface area contributed by atoms with Crippen molar-refractivity contribution in [3.63, 3.8) is 0 Å². The van der Waals surface area contributed by atoms with Crippen LogP contribution in [0.5, 0.6) is 0 Å². The fourth-order valence-corrected chi connectivity index (χ4v) is 12.2. The second-order valence-corrected chi connectivity index (χ2v) is 20.6. The van der Waals surface area contributed by atoms with E-state index >= 15 is 0 Å².